The van der Waals surface area contributed by atoms with E-state index in [-0.39, 0.29) is 11.3 Å². The van der Waals surface area contributed by atoms with E-state index >= 15 is 0 Å². The quantitative estimate of drug-likeness (QED) is 0.888. The van der Waals surface area contributed by atoms with Crippen molar-refractivity contribution in [2.75, 3.05) is 19.0 Å². The molecule has 1 aromatic heterocycles. The molecule has 0 bridgehead atoms. The van der Waals surface area contributed by atoms with Crippen molar-refractivity contribution in [1.82, 2.24) is 15.0 Å². The summed E-state index contributed by atoms with van der Waals surface area (Å²) in [6, 6.07) is 0.157. The zero-order valence-corrected chi connectivity index (χ0v) is 12.9. The topological polar surface area (TPSA) is 80.2 Å². The minimum Gasteiger partial charge on any atom is -0.467 e. The van der Waals surface area contributed by atoms with Crippen LogP contribution in [0.15, 0.2) is 0 Å². The van der Waals surface area contributed by atoms with Crippen LogP contribution in [0.1, 0.15) is 39.5 Å². The Hall–Kier alpha value is -1.14. The molecule has 6 nitrogen and oxygen atoms in total. The molecule has 0 amide bonds. The summed E-state index contributed by atoms with van der Waals surface area (Å²) in [5, 5.41) is 13.6. The fraction of sp³-hybridized carbons (Fsp3) is 0.769. The van der Waals surface area contributed by atoms with E-state index in [1.807, 2.05) is 0 Å². The van der Waals surface area contributed by atoms with Crippen molar-refractivity contribution in [3.8, 4) is 6.01 Å². The van der Waals surface area contributed by atoms with Crippen molar-refractivity contribution in [2.45, 2.75) is 45.1 Å². The molecule has 0 spiro atoms. The summed E-state index contributed by atoms with van der Waals surface area (Å²) in [5.74, 6) is 0.320. The Kier molecular flexibility index (Phi) is 4.34. The summed E-state index contributed by atoms with van der Waals surface area (Å²) in [6.07, 6.45) is 3.55. The first kappa shape index (κ1) is 15.3. The lowest BCUT2D eigenvalue weighted by Crippen LogP contribution is -2.42. The van der Waals surface area contributed by atoms with Crippen LogP contribution in [0.5, 0.6) is 6.01 Å². The van der Waals surface area contributed by atoms with Gasteiger partial charge in [0.15, 0.2) is 0 Å². The van der Waals surface area contributed by atoms with Gasteiger partial charge >= 0.3 is 6.01 Å². The third-order valence-corrected chi connectivity index (χ3v) is 4.05. The summed E-state index contributed by atoms with van der Waals surface area (Å²) in [7, 11) is 1.46. The lowest BCUT2D eigenvalue weighted by Gasteiger charge is -2.40. The van der Waals surface area contributed by atoms with E-state index in [1.165, 1.54) is 7.11 Å². The van der Waals surface area contributed by atoms with Crippen molar-refractivity contribution in [3.05, 3.63) is 5.28 Å². The minimum atomic E-state index is -0.720. The molecule has 1 aromatic rings. The molecule has 1 aliphatic carbocycles. The molecule has 1 heterocycles. The summed E-state index contributed by atoms with van der Waals surface area (Å²) in [6.45, 7) is 4.86. The Labute approximate surface area is 123 Å². The van der Waals surface area contributed by atoms with Crippen LogP contribution < -0.4 is 10.1 Å². The van der Waals surface area contributed by atoms with Gasteiger partial charge in [-0.05, 0) is 42.7 Å². The molecule has 0 atom stereocenters. The van der Waals surface area contributed by atoms with Crippen molar-refractivity contribution < 1.29 is 9.84 Å². The molecule has 0 unspecified atom stereocenters. The standard InChI is InChI=1S/C13H21ClN4O2/c1-12(2)4-6-13(19,7-5-12)8-15-10-16-9(14)17-11(18-10)20-3/h19H,4-8H2,1-3H3,(H,15,16,17,18). The zero-order valence-electron chi connectivity index (χ0n) is 12.1. The number of rotatable bonds is 4. The lowest BCUT2D eigenvalue weighted by molar-refractivity contribution is -0.0146. The third-order valence-electron chi connectivity index (χ3n) is 3.88. The zero-order chi connectivity index (χ0) is 14.8. The Morgan fingerprint density at radius 3 is 2.45 bits per heavy atom. The molecule has 1 aliphatic rings. The van der Waals surface area contributed by atoms with E-state index in [0.717, 1.165) is 25.7 Å². The summed E-state index contributed by atoms with van der Waals surface area (Å²) in [5.41, 5.74) is -0.409. The van der Waals surface area contributed by atoms with Crippen LogP contribution in [0.3, 0.4) is 0 Å². The number of nitrogens with zero attached hydrogens (tertiary/aromatic N) is 3. The van der Waals surface area contributed by atoms with Gasteiger partial charge in [0.2, 0.25) is 11.2 Å². The van der Waals surface area contributed by atoms with Gasteiger partial charge in [0.1, 0.15) is 0 Å². The highest BCUT2D eigenvalue weighted by Gasteiger charge is 2.36. The number of anilines is 1. The highest BCUT2D eigenvalue weighted by atomic mass is 35.5. The molecule has 112 valence electrons. The van der Waals surface area contributed by atoms with E-state index in [2.05, 4.69) is 34.1 Å². The average Bonchev–Trinajstić information content (AvgIpc) is 2.40. The second-order valence-electron chi connectivity index (χ2n) is 6.16. The predicted molar refractivity (Wildman–Crippen MR) is 77.1 cm³/mol. The molecule has 0 saturated heterocycles. The van der Waals surface area contributed by atoms with Crippen molar-refractivity contribution in [3.63, 3.8) is 0 Å². The molecular formula is C13H21ClN4O2. The summed E-state index contributed by atoms with van der Waals surface area (Å²) >= 11 is 5.78. The fourth-order valence-electron chi connectivity index (χ4n) is 2.31. The van der Waals surface area contributed by atoms with Crippen LogP contribution in [-0.4, -0.2) is 39.3 Å². The van der Waals surface area contributed by atoms with Crippen LogP contribution in [0.25, 0.3) is 0 Å². The molecule has 0 aromatic carbocycles. The van der Waals surface area contributed by atoms with Crippen LogP contribution in [0, 0.1) is 5.41 Å². The number of aliphatic hydroxyl groups is 1. The lowest BCUT2D eigenvalue weighted by atomic mass is 9.71. The molecule has 1 saturated carbocycles. The number of hydrogen-bond acceptors (Lipinski definition) is 6. The van der Waals surface area contributed by atoms with Gasteiger partial charge in [-0.3, -0.25) is 0 Å². The second-order valence-corrected chi connectivity index (χ2v) is 6.49. The van der Waals surface area contributed by atoms with Crippen LogP contribution in [0.4, 0.5) is 5.95 Å². The smallest absolute Gasteiger partial charge is 0.322 e. The number of ether oxygens (including phenoxy) is 1. The van der Waals surface area contributed by atoms with E-state index in [1.54, 1.807) is 0 Å². The van der Waals surface area contributed by atoms with Crippen LogP contribution in [-0.2, 0) is 0 Å². The third kappa shape index (κ3) is 3.93. The molecule has 0 aliphatic heterocycles. The molecule has 1 fully saturated rings. The van der Waals surface area contributed by atoms with E-state index in [4.69, 9.17) is 16.3 Å². The van der Waals surface area contributed by atoms with Crippen molar-refractivity contribution >= 4 is 17.5 Å². The molecule has 0 radical (unpaired) electrons. The Bertz CT molecular complexity index is 471. The van der Waals surface area contributed by atoms with Gasteiger partial charge in [-0.1, -0.05) is 13.8 Å². The molecule has 2 rings (SSSR count). The highest BCUT2D eigenvalue weighted by molar-refractivity contribution is 6.28. The number of halogens is 1. The maximum absolute atomic E-state index is 10.6. The summed E-state index contributed by atoms with van der Waals surface area (Å²) in [4.78, 5) is 11.8. The first-order chi connectivity index (χ1) is 9.32. The average molecular weight is 301 g/mol. The SMILES string of the molecule is COc1nc(Cl)nc(NCC2(O)CCC(C)(C)CC2)n1. The predicted octanol–water partition coefficient (Wildman–Crippen LogP) is 2.28. The molecular weight excluding hydrogens is 280 g/mol. The normalized spacial score (nSPS) is 20.4. The Morgan fingerprint density at radius 1 is 1.20 bits per heavy atom. The highest BCUT2D eigenvalue weighted by Crippen LogP contribution is 2.40. The number of nitrogens with one attached hydrogen (secondary N) is 1. The van der Waals surface area contributed by atoms with E-state index < -0.39 is 5.60 Å². The molecule has 20 heavy (non-hydrogen) atoms. The minimum absolute atomic E-state index is 0.0658. The number of hydrogen-bond donors (Lipinski definition) is 2. The van der Waals surface area contributed by atoms with Gasteiger partial charge in [-0.25, -0.2) is 0 Å². The first-order valence-electron chi connectivity index (χ1n) is 6.74. The number of methoxy groups -OCH3 is 1. The van der Waals surface area contributed by atoms with E-state index in [0.29, 0.717) is 17.9 Å². The monoisotopic (exact) mass is 300 g/mol. The largest absolute Gasteiger partial charge is 0.467 e. The molecule has 2 N–H and O–H groups in total. The summed E-state index contributed by atoms with van der Waals surface area (Å²) < 4.78 is 4.93. The van der Waals surface area contributed by atoms with E-state index in [9.17, 15) is 5.11 Å². The van der Waals surface area contributed by atoms with Gasteiger partial charge in [-0.15, -0.1) is 0 Å². The van der Waals surface area contributed by atoms with Gasteiger partial charge in [0.25, 0.3) is 0 Å². The van der Waals surface area contributed by atoms with Crippen LogP contribution >= 0.6 is 11.6 Å². The van der Waals surface area contributed by atoms with Crippen molar-refractivity contribution in [2.24, 2.45) is 5.41 Å². The maximum Gasteiger partial charge on any atom is 0.322 e. The van der Waals surface area contributed by atoms with Crippen LogP contribution in [0.2, 0.25) is 5.28 Å². The Morgan fingerprint density at radius 2 is 1.85 bits per heavy atom. The van der Waals surface area contributed by atoms with Gasteiger partial charge in [0.05, 0.1) is 12.7 Å². The van der Waals surface area contributed by atoms with Gasteiger partial charge in [-0.2, -0.15) is 15.0 Å². The second kappa shape index (κ2) is 5.69. The molecule has 7 heteroatoms. The van der Waals surface area contributed by atoms with Gasteiger partial charge in [0, 0.05) is 6.54 Å². The maximum atomic E-state index is 10.6. The number of aromatic nitrogens is 3. The Balaban J connectivity index is 1.97. The van der Waals surface area contributed by atoms with Crippen molar-refractivity contribution in [1.29, 1.82) is 0 Å². The van der Waals surface area contributed by atoms with Gasteiger partial charge < -0.3 is 15.2 Å². The fourth-order valence-corrected chi connectivity index (χ4v) is 2.47. The first-order valence-corrected chi connectivity index (χ1v) is 7.12.